The molecule has 1 N–H and O–H groups in total. The highest BCUT2D eigenvalue weighted by molar-refractivity contribution is 5.19. The zero-order chi connectivity index (χ0) is 9.80. The van der Waals surface area contributed by atoms with Gasteiger partial charge in [-0.25, -0.2) is 4.98 Å². The van der Waals surface area contributed by atoms with Crippen LogP contribution in [0.4, 0.5) is 0 Å². The smallest absolute Gasteiger partial charge is 0.0923 e. The largest absolute Gasteiger partial charge is 0.351 e. The lowest BCUT2D eigenvalue weighted by atomic mass is 9.86. The van der Waals surface area contributed by atoms with Crippen LogP contribution in [0.25, 0.3) is 0 Å². The predicted octanol–water partition coefficient (Wildman–Crippen LogP) is 2.86. The number of imidazole rings is 1. The molecule has 1 atom stereocenters. The molecule has 1 aliphatic rings. The molecule has 1 aliphatic carbocycles. The van der Waals surface area contributed by atoms with E-state index in [4.69, 9.17) is 0 Å². The lowest BCUT2D eigenvalue weighted by molar-refractivity contribution is 0.464. The van der Waals surface area contributed by atoms with Gasteiger partial charge in [-0.2, -0.15) is 0 Å². The summed E-state index contributed by atoms with van der Waals surface area (Å²) in [6, 6.07) is 0. The average Bonchev–Trinajstić information content (AvgIpc) is 2.71. The Morgan fingerprint density at radius 1 is 1.64 bits per heavy atom. The van der Waals surface area contributed by atoms with E-state index in [0.29, 0.717) is 0 Å². The van der Waals surface area contributed by atoms with E-state index in [1.54, 1.807) is 6.33 Å². The molecule has 74 valence electrons. The lowest BCUT2D eigenvalue weighted by Gasteiger charge is -2.20. The van der Waals surface area contributed by atoms with Crippen molar-refractivity contribution in [3.8, 4) is 0 Å². The molecule has 0 bridgehead atoms. The zero-order valence-electron chi connectivity index (χ0n) is 8.37. The van der Waals surface area contributed by atoms with Gasteiger partial charge in [-0.3, -0.25) is 0 Å². The minimum atomic E-state index is 0.747. The van der Waals surface area contributed by atoms with Gasteiger partial charge in [-0.05, 0) is 31.6 Å². The van der Waals surface area contributed by atoms with Crippen molar-refractivity contribution < 1.29 is 0 Å². The van der Waals surface area contributed by atoms with E-state index in [1.165, 1.54) is 24.1 Å². The fourth-order valence-electron chi connectivity index (χ4n) is 2.06. The molecule has 0 saturated carbocycles. The molecule has 0 aromatic carbocycles. The number of hydrogen-bond acceptors (Lipinski definition) is 1. The third-order valence-electron chi connectivity index (χ3n) is 2.82. The van der Waals surface area contributed by atoms with E-state index >= 15 is 0 Å². The molecule has 2 rings (SSSR count). The average molecular weight is 188 g/mol. The Balaban J connectivity index is 1.94. The van der Waals surface area contributed by atoms with Crippen LogP contribution in [0.1, 0.15) is 25.0 Å². The molecular weight excluding hydrogens is 172 g/mol. The molecule has 0 spiro atoms. The van der Waals surface area contributed by atoms with Gasteiger partial charge >= 0.3 is 0 Å². The normalized spacial score (nSPS) is 21.7. The minimum absolute atomic E-state index is 0.747. The van der Waals surface area contributed by atoms with Gasteiger partial charge in [0.1, 0.15) is 0 Å². The lowest BCUT2D eigenvalue weighted by Crippen LogP contribution is -2.09. The number of rotatable bonds is 3. The summed E-state index contributed by atoms with van der Waals surface area (Å²) in [7, 11) is 0. The Morgan fingerprint density at radius 2 is 2.57 bits per heavy atom. The first kappa shape index (κ1) is 9.25. The van der Waals surface area contributed by atoms with Crippen LogP contribution in [0.2, 0.25) is 0 Å². The highest BCUT2D eigenvalue weighted by atomic mass is 14.9. The maximum absolute atomic E-state index is 4.26. The number of hydrogen-bond donors (Lipinski definition) is 1. The second-order valence-electron chi connectivity index (χ2n) is 3.90. The number of aromatic amines is 1. The molecule has 2 heteroatoms. The van der Waals surface area contributed by atoms with Crippen LogP contribution in [-0.2, 0) is 6.42 Å². The predicted molar refractivity (Wildman–Crippen MR) is 57.9 cm³/mol. The molecule has 14 heavy (non-hydrogen) atoms. The summed E-state index contributed by atoms with van der Waals surface area (Å²) in [5, 5.41) is 0. The van der Waals surface area contributed by atoms with Crippen molar-refractivity contribution in [1.82, 2.24) is 9.97 Å². The maximum atomic E-state index is 4.26. The first-order valence-electron chi connectivity index (χ1n) is 5.17. The second kappa shape index (κ2) is 4.27. The molecule has 0 saturated heterocycles. The molecular formula is C12H16N2. The molecule has 1 heterocycles. The summed E-state index contributed by atoms with van der Waals surface area (Å²) in [6.45, 7) is 3.83. The monoisotopic (exact) mass is 188 g/mol. The summed E-state index contributed by atoms with van der Waals surface area (Å²) in [6.07, 6.45) is 12.8. The molecule has 0 radical (unpaired) electrons. The van der Waals surface area contributed by atoms with Gasteiger partial charge in [0.05, 0.1) is 12.0 Å². The SMILES string of the molecule is C=CC1=CCCC(Cc2c[nH]cn2)C1. The molecule has 1 aromatic heterocycles. The van der Waals surface area contributed by atoms with E-state index < -0.39 is 0 Å². The van der Waals surface area contributed by atoms with Crippen LogP contribution >= 0.6 is 0 Å². The van der Waals surface area contributed by atoms with Crippen LogP contribution in [0.5, 0.6) is 0 Å². The van der Waals surface area contributed by atoms with E-state index in [-0.39, 0.29) is 0 Å². The van der Waals surface area contributed by atoms with E-state index in [0.717, 1.165) is 18.8 Å². The van der Waals surface area contributed by atoms with Crippen molar-refractivity contribution >= 4 is 0 Å². The van der Waals surface area contributed by atoms with Gasteiger partial charge in [0, 0.05) is 6.20 Å². The second-order valence-corrected chi connectivity index (χ2v) is 3.90. The van der Waals surface area contributed by atoms with Crippen LogP contribution < -0.4 is 0 Å². The van der Waals surface area contributed by atoms with Crippen molar-refractivity contribution in [2.24, 2.45) is 5.92 Å². The highest BCUT2D eigenvalue weighted by Gasteiger charge is 2.15. The zero-order valence-corrected chi connectivity index (χ0v) is 8.37. The Kier molecular flexibility index (Phi) is 2.82. The molecule has 2 nitrogen and oxygen atoms in total. The molecule has 0 amide bonds. The Labute approximate surface area is 84.8 Å². The van der Waals surface area contributed by atoms with Crippen LogP contribution in [0.15, 0.2) is 36.8 Å². The van der Waals surface area contributed by atoms with E-state index in [1.807, 2.05) is 12.3 Å². The molecule has 0 fully saturated rings. The van der Waals surface area contributed by atoms with Crippen molar-refractivity contribution in [2.45, 2.75) is 25.7 Å². The van der Waals surface area contributed by atoms with Crippen molar-refractivity contribution in [3.63, 3.8) is 0 Å². The summed E-state index contributed by atoms with van der Waals surface area (Å²) in [5.41, 5.74) is 2.58. The number of aromatic nitrogens is 2. The van der Waals surface area contributed by atoms with Crippen LogP contribution in [0, 0.1) is 5.92 Å². The first-order chi connectivity index (χ1) is 6.88. The van der Waals surface area contributed by atoms with Crippen LogP contribution in [0.3, 0.4) is 0 Å². The number of nitrogens with zero attached hydrogens (tertiary/aromatic N) is 1. The maximum Gasteiger partial charge on any atom is 0.0923 e. The topological polar surface area (TPSA) is 28.7 Å². The summed E-state index contributed by atoms with van der Waals surface area (Å²) < 4.78 is 0. The van der Waals surface area contributed by atoms with Gasteiger partial charge < -0.3 is 4.98 Å². The summed E-state index contributed by atoms with van der Waals surface area (Å²) in [4.78, 5) is 7.26. The third kappa shape index (κ3) is 2.13. The van der Waals surface area contributed by atoms with Crippen LogP contribution in [-0.4, -0.2) is 9.97 Å². The van der Waals surface area contributed by atoms with Gasteiger partial charge in [-0.15, -0.1) is 0 Å². The number of nitrogens with one attached hydrogen (secondary N) is 1. The fraction of sp³-hybridized carbons (Fsp3) is 0.417. The van der Waals surface area contributed by atoms with E-state index in [9.17, 15) is 0 Å². The molecule has 1 unspecified atom stereocenters. The van der Waals surface area contributed by atoms with Gasteiger partial charge in [-0.1, -0.05) is 24.3 Å². The summed E-state index contributed by atoms with van der Waals surface area (Å²) >= 11 is 0. The van der Waals surface area contributed by atoms with Gasteiger partial charge in [0.2, 0.25) is 0 Å². The Morgan fingerprint density at radius 3 is 3.29 bits per heavy atom. The van der Waals surface area contributed by atoms with E-state index in [2.05, 4.69) is 22.6 Å². The Hall–Kier alpha value is -1.31. The first-order valence-corrected chi connectivity index (χ1v) is 5.17. The standard InChI is InChI=1S/C12H16N2/c1-2-10-4-3-5-11(6-10)7-12-8-13-9-14-12/h2,4,8-9,11H,1,3,5-7H2,(H,13,14). The molecule has 0 aliphatic heterocycles. The number of H-pyrrole nitrogens is 1. The highest BCUT2D eigenvalue weighted by Crippen LogP contribution is 2.26. The quantitative estimate of drug-likeness (QED) is 0.776. The number of allylic oxidation sites excluding steroid dienone is 3. The summed E-state index contributed by atoms with van der Waals surface area (Å²) in [5.74, 6) is 0.747. The van der Waals surface area contributed by atoms with Crippen molar-refractivity contribution in [1.29, 1.82) is 0 Å². The molecule has 1 aromatic rings. The minimum Gasteiger partial charge on any atom is -0.351 e. The van der Waals surface area contributed by atoms with Crippen molar-refractivity contribution in [3.05, 3.63) is 42.5 Å². The van der Waals surface area contributed by atoms with Gasteiger partial charge in [0.25, 0.3) is 0 Å². The van der Waals surface area contributed by atoms with Crippen molar-refractivity contribution in [2.75, 3.05) is 0 Å². The third-order valence-corrected chi connectivity index (χ3v) is 2.82. The Bertz CT molecular complexity index is 322. The fourth-order valence-corrected chi connectivity index (χ4v) is 2.06. The van der Waals surface area contributed by atoms with Gasteiger partial charge in [0.15, 0.2) is 0 Å².